The average Bonchev–Trinajstić information content (AvgIpc) is 3.25. The van der Waals surface area contributed by atoms with E-state index in [1.165, 1.54) is 17.7 Å². The second kappa shape index (κ2) is 5.48. The molecule has 1 saturated carbocycles. The van der Waals surface area contributed by atoms with Crippen molar-refractivity contribution in [3.05, 3.63) is 71.2 Å². The van der Waals surface area contributed by atoms with Gasteiger partial charge in [-0.1, -0.05) is 18.2 Å². The van der Waals surface area contributed by atoms with E-state index in [0.29, 0.717) is 12.1 Å². The zero-order chi connectivity index (χ0) is 16.7. The molecule has 1 fully saturated rings. The lowest BCUT2D eigenvalue weighted by atomic mass is 9.95. The third-order valence-corrected chi connectivity index (χ3v) is 5.05. The quantitative estimate of drug-likeness (QED) is 0.747. The van der Waals surface area contributed by atoms with Gasteiger partial charge in [-0.2, -0.15) is 0 Å². The second-order valence-electron chi connectivity index (χ2n) is 6.67. The van der Waals surface area contributed by atoms with Crippen molar-refractivity contribution in [2.24, 2.45) is 0 Å². The summed E-state index contributed by atoms with van der Waals surface area (Å²) in [7, 11) is 0. The van der Waals surface area contributed by atoms with Crippen molar-refractivity contribution in [2.45, 2.75) is 25.2 Å². The summed E-state index contributed by atoms with van der Waals surface area (Å²) >= 11 is 0. The molecule has 0 atom stereocenters. The predicted octanol–water partition coefficient (Wildman–Crippen LogP) is 4.08. The van der Waals surface area contributed by atoms with Crippen molar-refractivity contribution in [3.63, 3.8) is 0 Å². The highest BCUT2D eigenvalue weighted by molar-refractivity contribution is 5.95. The largest absolute Gasteiger partial charge is 0.361 e. The van der Waals surface area contributed by atoms with Gasteiger partial charge in [0.05, 0.1) is 0 Å². The summed E-state index contributed by atoms with van der Waals surface area (Å²) in [5, 5.41) is 4.12. The molecule has 4 rings (SSSR count). The summed E-state index contributed by atoms with van der Waals surface area (Å²) in [6.07, 6.45) is 4.02. The molecular weight excluding hydrogens is 303 g/mol. The summed E-state index contributed by atoms with van der Waals surface area (Å²) in [5.41, 5.74) is 3.63. The molecule has 3 aromatic rings. The topological polar surface area (TPSA) is 44.9 Å². The Morgan fingerprint density at radius 2 is 2.04 bits per heavy atom. The average molecular weight is 322 g/mol. The maximum Gasteiger partial charge on any atom is 0.251 e. The number of rotatable bonds is 4. The first-order valence-electron chi connectivity index (χ1n) is 8.20. The molecule has 1 amide bonds. The zero-order valence-corrected chi connectivity index (χ0v) is 13.5. The molecule has 2 N–H and O–H groups in total. The van der Waals surface area contributed by atoms with E-state index in [1.54, 1.807) is 0 Å². The molecule has 1 aliphatic rings. The van der Waals surface area contributed by atoms with Gasteiger partial charge in [-0.3, -0.25) is 4.79 Å². The summed E-state index contributed by atoms with van der Waals surface area (Å²) < 4.78 is 13.4. The van der Waals surface area contributed by atoms with Crippen LogP contribution in [0.4, 0.5) is 4.39 Å². The number of H-pyrrole nitrogens is 1. The van der Waals surface area contributed by atoms with Gasteiger partial charge >= 0.3 is 0 Å². The van der Waals surface area contributed by atoms with Crippen molar-refractivity contribution in [1.29, 1.82) is 0 Å². The molecule has 2 aromatic carbocycles. The molecule has 122 valence electrons. The van der Waals surface area contributed by atoms with Gasteiger partial charge < -0.3 is 10.3 Å². The van der Waals surface area contributed by atoms with Crippen LogP contribution in [0.3, 0.4) is 0 Å². The lowest BCUT2D eigenvalue weighted by Gasteiger charge is -2.16. The van der Waals surface area contributed by atoms with Gasteiger partial charge in [0.15, 0.2) is 0 Å². The van der Waals surface area contributed by atoms with Crippen LogP contribution in [-0.2, 0) is 5.41 Å². The fraction of sp³-hybridized carbons (Fsp3) is 0.250. The molecule has 0 unspecified atom stereocenters. The maximum atomic E-state index is 13.4. The van der Waals surface area contributed by atoms with Crippen LogP contribution in [0.1, 0.15) is 34.3 Å². The minimum absolute atomic E-state index is 0.0333. The number of carbonyl (C=O) groups excluding carboxylic acids is 1. The Balaban J connectivity index is 1.56. The predicted molar refractivity (Wildman–Crippen MR) is 92.7 cm³/mol. The Kier molecular flexibility index (Phi) is 3.41. The number of hydrogen-bond acceptors (Lipinski definition) is 1. The first-order valence-corrected chi connectivity index (χ1v) is 8.20. The minimum atomic E-state index is -0.242. The van der Waals surface area contributed by atoms with Crippen molar-refractivity contribution in [3.8, 4) is 0 Å². The van der Waals surface area contributed by atoms with E-state index in [-0.39, 0.29) is 17.1 Å². The van der Waals surface area contributed by atoms with Crippen molar-refractivity contribution >= 4 is 16.8 Å². The van der Waals surface area contributed by atoms with Crippen LogP contribution in [0, 0.1) is 12.7 Å². The van der Waals surface area contributed by atoms with Crippen molar-refractivity contribution < 1.29 is 9.18 Å². The first-order chi connectivity index (χ1) is 11.6. The Bertz CT molecular complexity index is 924. The molecule has 0 saturated heterocycles. The summed E-state index contributed by atoms with van der Waals surface area (Å²) in [6, 6.07) is 12.4. The van der Waals surface area contributed by atoms with E-state index in [0.717, 1.165) is 29.3 Å². The number of aromatic amines is 1. The number of hydrogen-bond donors (Lipinski definition) is 2. The van der Waals surface area contributed by atoms with E-state index >= 15 is 0 Å². The molecule has 3 nitrogen and oxygen atoms in total. The monoisotopic (exact) mass is 322 g/mol. The molecule has 4 heteroatoms. The molecule has 0 radical (unpaired) electrons. The normalized spacial score (nSPS) is 15.4. The highest BCUT2D eigenvalue weighted by Crippen LogP contribution is 2.50. The third-order valence-electron chi connectivity index (χ3n) is 5.05. The van der Waals surface area contributed by atoms with Crippen LogP contribution < -0.4 is 5.32 Å². The van der Waals surface area contributed by atoms with E-state index < -0.39 is 0 Å². The number of carbonyl (C=O) groups is 1. The molecule has 1 aromatic heterocycles. The Labute approximate surface area is 139 Å². The van der Waals surface area contributed by atoms with Gasteiger partial charge in [-0.25, -0.2) is 4.39 Å². The molecule has 24 heavy (non-hydrogen) atoms. The second-order valence-corrected chi connectivity index (χ2v) is 6.67. The summed E-state index contributed by atoms with van der Waals surface area (Å²) in [6.45, 7) is 2.54. The number of nitrogens with one attached hydrogen (secondary N) is 2. The fourth-order valence-corrected chi connectivity index (χ4v) is 3.40. The summed E-state index contributed by atoms with van der Waals surface area (Å²) in [4.78, 5) is 15.6. The lowest BCUT2D eigenvalue weighted by molar-refractivity contribution is 0.0949. The highest BCUT2D eigenvalue weighted by atomic mass is 19.1. The molecule has 1 heterocycles. The lowest BCUT2D eigenvalue weighted by Crippen LogP contribution is -2.32. The number of halogens is 1. The molecule has 0 bridgehead atoms. The van der Waals surface area contributed by atoms with Gasteiger partial charge in [-0.05, 0) is 55.2 Å². The van der Waals surface area contributed by atoms with Gasteiger partial charge in [0.2, 0.25) is 0 Å². The SMILES string of the molecule is Cc1ccccc1C(=O)NCC1(c2c[nH]c3cc(F)ccc23)CC1. The number of benzene rings is 2. The summed E-state index contributed by atoms with van der Waals surface area (Å²) in [5.74, 6) is -0.279. The minimum Gasteiger partial charge on any atom is -0.361 e. The van der Waals surface area contributed by atoms with Crippen molar-refractivity contribution in [1.82, 2.24) is 10.3 Å². The third kappa shape index (κ3) is 2.48. The molecular formula is C20H19FN2O. The standard InChI is InChI=1S/C20H19FN2O/c1-13-4-2-3-5-15(13)19(24)23-12-20(8-9-20)17-11-22-18-10-14(21)6-7-16(17)18/h2-7,10-11,22H,8-9,12H2,1H3,(H,23,24). The number of aromatic nitrogens is 1. The van der Waals surface area contributed by atoms with Gasteiger partial charge in [0.25, 0.3) is 5.91 Å². The van der Waals surface area contributed by atoms with Gasteiger partial charge in [0.1, 0.15) is 5.82 Å². The van der Waals surface area contributed by atoms with Crippen LogP contribution in [0.2, 0.25) is 0 Å². The number of amides is 1. The van der Waals surface area contributed by atoms with Crippen LogP contribution >= 0.6 is 0 Å². The van der Waals surface area contributed by atoms with Gasteiger partial charge in [0, 0.05) is 34.6 Å². The molecule has 1 aliphatic carbocycles. The number of fused-ring (bicyclic) bond motifs is 1. The fourth-order valence-electron chi connectivity index (χ4n) is 3.40. The van der Waals surface area contributed by atoms with Crippen LogP contribution in [0.15, 0.2) is 48.7 Å². The van der Waals surface area contributed by atoms with E-state index in [4.69, 9.17) is 0 Å². The Hall–Kier alpha value is -2.62. The Morgan fingerprint density at radius 1 is 1.25 bits per heavy atom. The zero-order valence-electron chi connectivity index (χ0n) is 13.5. The molecule has 0 spiro atoms. The van der Waals surface area contributed by atoms with Crippen LogP contribution in [-0.4, -0.2) is 17.4 Å². The van der Waals surface area contributed by atoms with E-state index in [9.17, 15) is 9.18 Å². The van der Waals surface area contributed by atoms with E-state index in [2.05, 4.69) is 10.3 Å². The van der Waals surface area contributed by atoms with Crippen molar-refractivity contribution in [2.75, 3.05) is 6.54 Å². The Morgan fingerprint density at radius 3 is 2.79 bits per heavy atom. The van der Waals surface area contributed by atoms with Crippen LogP contribution in [0.5, 0.6) is 0 Å². The van der Waals surface area contributed by atoms with Gasteiger partial charge in [-0.15, -0.1) is 0 Å². The first kappa shape index (κ1) is 14.9. The maximum absolute atomic E-state index is 13.4. The smallest absolute Gasteiger partial charge is 0.251 e. The van der Waals surface area contributed by atoms with Crippen LogP contribution in [0.25, 0.3) is 10.9 Å². The number of aryl methyl sites for hydroxylation is 1. The molecule has 0 aliphatic heterocycles. The van der Waals surface area contributed by atoms with E-state index in [1.807, 2.05) is 43.5 Å². The highest BCUT2D eigenvalue weighted by Gasteiger charge is 2.45.